The fourth-order valence-electron chi connectivity index (χ4n) is 1.64. The highest BCUT2D eigenvalue weighted by molar-refractivity contribution is 5.80. The van der Waals surface area contributed by atoms with E-state index in [4.69, 9.17) is 14.4 Å². The zero-order valence-corrected chi connectivity index (χ0v) is 11.0. The number of hydrogen-bond donors (Lipinski definition) is 1. The molecule has 0 unspecified atom stereocenters. The number of para-hydroxylation sites is 1. The van der Waals surface area contributed by atoms with Gasteiger partial charge in [0.1, 0.15) is 17.6 Å². The molecule has 102 valence electrons. The fraction of sp³-hybridized carbons (Fsp3) is 0.200. The van der Waals surface area contributed by atoms with Crippen LogP contribution < -0.4 is 10.1 Å². The summed E-state index contributed by atoms with van der Waals surface area (Å²) < 4.78 is 10.6. The van der Waals surface area contributed by atoms with E-state index < -0.39 is 6.10 Å². The zero-order valence-electron chi connectivity index (χ0n) is 11.0. The van der Waals surface area contributed by atoms with Crippen LogP contribution in [0.15, 0.2) is 47.1 Å². The molecule has 2 aromatic rings. The van der Waals surface area contributed by atoms with Gasteiger partial charge in [0.2, 0.25) is 0 Å². The maximum Gasteiger partial charge on any atom is 0.261 e. The normalized spacial score (nSPS) is 11.4. The number of rotatable bonds is 5. The Balaban J connectivity index is 1.92. The number of amides is 1. The average Bonchev–Trinajstić information content (AvgIpc) is 2.98. The summed E-state index contributed by atoms with van der Waals surface area (Å²) in [4.78, 5) is 11.9. The summed E-state index contributed by atoms with van der Waals surface area (Å²) in [5.74, 6) is 0.799. The molecule has 2 rings (SSSR count). The highest BCUT2D eigenvalue weighted by Gasteiger charge is 2.16. The van der Waals surface area contributed by atoms with Gasteiger partial charge in [-0.05, 0) is 31.2 Å². The third-order valence-corrected chi connectivity index (χ3v) is 2.70. The van der Waals surface area contributed by atoms with Crippen molar-refractivity contribution in [1.29, 1.82) is 5.26 Å². The fourth-order valence-corrected chi connectivity index (χ4v) is 1.64. The first kappa shape index (κ1) is 13.7. The van der Waals surface area contributed by atoms with Gasteiger partial charge in [0.05, 0.1) is 18.4 Å². The van der Waals surface area contributed by atoms with Gasteiger partial charge >= 0.3 is 0 Å². The van der Waals surface area contributed by atoms with Gasteiger partial charge in [0, 0.05) is 0 Å². The predicted octanol–water partition coefficient (Wildman–Crippen LogP) is 2.23. The minimum absolute atomic E-state index is 0.269. The topological polar surface area (TPSA) is 75.3 Å². The first-order chi connectivity index (χ1) is 9.70. The van der Waals surface area contributed by atoms with Crippen LogP contribution in [0, 0.1) is 11.3 Å². The zero-order chi connectivity index (χ0) is 14.4. The van der Waals surface area contributed by atoms with Crippen molar-refractivity contribution in [1.82, 2.24) is 5.32 Å². The number of hydrogen-bond acceptors (Lipinski definition) is 4. The maximum atomic E-state index is 11.9. The van der Waals surface area contributed by atoms with Crippen molar-refractivity contribution in [2.75, 3.05) is 0 Å². The summed E-state index contributed by atoms with van der Waals surface area (Å²) in [6, 6.07) is 12.4. The molecule has 0 aliphatic rings. The number of carbonyl (C=O) groups excluding carboxylic acids is 1. The Morgan fingerprint density at radius 3 is 2.90 bits per heavy atom. The molecule has 1 atom stereocenters. The maximum absolute atomic E-state index is 11.9. The molecule has 0 saturated heterocycles. The number of ether oxygens (including phenoxy) is 1. The lowest BCUT2D eigenvalue weighted by atomic mass is 10.2. The summed E-state index contributed by atoms with van der Waals surface area (Å²) in [6.07, 6.45) is 0.851. The van der Waals surface area contributed by atoms with Crippen molar-refractivity contribution >= 4 is 5.91 Å². The molecule has 1 heterocycles. The molecule has 0 radical (unpaired) electrons. The van der Waals surface area contributed by atoms with Crippen molar-refractivity contribution in [3.8, 4) is 11.8 Å². The lowest BCUT2D eigenvalue weighted by Crippen LogP contribution is -2.35. The molecule has 0 bridgehead atoms. The minimum atomic E-state index is -0.695. The molecule has 0 aliphatic carbocycles. The van der Waals surface area contributed by atoms with Crippen molar-refractivity contribution in [2.24, 2.45) is 0 Å². The highest BCUT2D eigenvalue weighted by atomic mass is 16.5. The number of benzene rings is 1. The lowest BCUT2D eigenvalue weighted by Gasteiger charge is -2.15. The van der Waals surface area contributed by atoms with Crippen LogP contribution >= 0.6 is 0 Å². The van der Waals surface area contributed by atoms with Gasteiger partial charge in [0.15, 0.2) is 6.10 Å². The molecule has 1 aromatic heterocycles. The molecule has 0 fully saturated rings. The van der Waals surface area contributed by atoms with E-state index in [1.165, 1.54) is 0 Å². The van der Waals surface area contributed by atoms with E-state index in [1.807, 2.05) is 6.07 Å². The molecule has 1 amide bonds. The molecule has 0 saturated carbocycles. The Labute approximate surface area is 116 Å². The van der Waals surface area contributed by atoms with Crippen LogP contribution in [-0.4, -0.2) is 12.0 Å². The Hall–Kier alpha value is -2.74. The van der Waals surface area contributed by atoms with Gasteiger partial charge in [-0.2, -0.15) is 5.26 Å². The number of nitrogens with zero attached hydrogens (tertiary/aromatic N) is 1. The highest BCUT2D eigenvalue weighted by Crippen LogP contribution is 2.18. The smallest absolute Gasteiger partial charge is 0.261 e. The Morgan fingerprint density at radius 1 is 1.40 bits per heavy atom. The third kappa shape index (κ3) is 3.39. The second kappa shape index (κ2) is 6.43. The van der Waals surface area contributed by atoms with Crippen LogP contribution in [0.5, 0.6) is 5.75 Å². The molecule has 0 spiro atoms. The van der Waals surface area contributed by atoms with Crippen molar-refractivity contribution < 1.29 is 13.9 Å². The molecule has 1 N–H and O–H groups in total. The summed E-state index contributed by atoms with van der Waals surface area (Å²) in [5.41, 5.74) is 0.401. The first-order valence-corrected chi connectivity index (χ1v) is 6.16. The van der Waals surface area contributed by atoms with E-state index in [2.05, 4.69) is 5.32 Å². The van der Waals surface area contributed by atoms with E-state index in [0.717, 1.165) is 0 Å². The van der Waals surface area contributed by atoms with E-state index in [-0.39, 0.29) is 5.91 Å². The van der Waals surface area contributed by atoms with E-state index >= 15 is 0 Å². The lowest BCUT2D eigenvalue weighted by molar-refractivity contribution is -0.127. The van der Waals surface area contributed by atoms with Crippen LogP contribution in [0.3, 0.4) is 0 Å². The molecule has 0 aliphatic heterocycles. The Bertz CT molecular complexity index is 614. The number of nitriles is 1. The summed E-state index contributed by atoms with van der Waals surface area (Å²) >= 11 is 0. The Morgan fingerprint density at radius 2 is 2.20 bits per heavy atom. The van der Waals surface area contributed by atoms with Crippen LogP contribution in [0.2, 0.25) is 0 Å². The standard InChI is InChI=1S/C15H14N2O3/c1-11(15(18)17-10-13-6-4-8-19-13)20-14-7-3-2-5-12(14)9-16/h2-8,11H,10H2,1H3,(H,17,18)/t11-/m1/s1. The number of nitrogens with one attached hydrogen (secondary N) is 1. The molecule has 5 heteroatoms. The molecular weight excluding hydrogens is 256 g/mol. The predicted molar refractivity (Wildman–Crippen MR) is 71.8 cm³/mol. The second-order valence-electron chi connectivity index (χ2n) is 4.17. The SMILES string of the molecule is C[C@@H](Oc1ccccc1C#N)C(=O)NCc1ccco1. The number of carbonyl (C=O) groups is 1. The molecule has 20 heavy (non-hydrogen) atoms. The largest absolute Gasteiger partial charge is 0.480 e. The van der Waals surface area contributed by atoms with E-state index in [1.54, 1.807) is 49.6 Å². The van der Waals surface area contributed by atoms with Gasteiger partial charge in [0.25, 0.3) is 5.91 Å². The molecule has 1 aromatic carbocycles. The summed E-state index contributed by atoms with van der Waals surface area (Å²) in [5, 5.41) is 11.7. The third-order valence-electron chi connectivity index (χ3n) is 2.70. The van der Waals surface area contributed by atoms with E-state index in [0.29, 0.717) is 23.6 Å². The van der Waals surface area contributed by atoms with Crippen LogP contribution in [-0.2, 0) is 11.3 Å². The quantitative estimate of drug-likeness (QED) is 0.904. The van der Waals surface area contributed by atoms with Gasteiger partial charge in [-0.15, -0.1) is 0 Å². The molecular formula is C15H14N2O3. The monoisotopic (exact) mass is 270 g/mol. The van der Waals surface area contributed by atoms with Crippen LogP contribution in [0.25, 0.3) is 0 Å². The van der Waals surface area contributed by atoms with Crippen molar-refractivity contribution in [2.45, 2.75) is 19.6 Å². The van der Waals surface area contributed by atoms with Crippen molar-refractivity contribution in [3.05, 3.63) is 54.0 Å². The van der Waals surface area contributed by atoms with Crippen LogP contribution in [0.1, 0.15) is 18.2 Å². The van der Waals surface area contributed by atoms with Crippen LogP contribution in [0.4, 0.5) is 0 Å². The average molecular weight is 270 g/mol. The summed E-state index contributed by atoms with van der Waals surface area (Å²) in [6.45, 7) is 1.94. The molecule has 5 nitrogen and oxygen atoms in total. The second-order valence-corrected chi connectivity index (χ2v) is 4.17. The van der Waals surface area contributed by atoms with Gasteiger partial charge < -0.3 is 14.5 Å². The Kier molecular flexibility index (Phi) is 4.40. The minimum Gasteiger partial charge on any atom is -0.480 e. The van der Waals surface area contributed by atoms with Crippen molar-refractivity contribution in [3.63, 3.8) is 0 Å². The van der Waals surface area contributed by atoms with Gasteiger partial charge in [-0.25, -0.2) is 0 Å². The van der Waals surface area contributed by atoms with Gasteiger partial charge in [-0.3, -0.25) is 4.79 Å². The summed E-state index contributed by atoms with van der Waals surface area (Å²) in [7, 11) is 0. The van der Waals surface area contributed by atoms with E-state index in [9.17, 15) is 4.79 Å². The number of furan rings is 1. The van der Waals surface area contributed by atoms with Gasteiger partial charge in [-0.1, -0.05) is 12.1 Å². The first-order valence-electron chi connectivity index (χ1n) is 6.16.